The molecule has 1 fully saturated rings. The third-order valence-corrected chi connectivity index (χ3v) is 5.75. The molecule has 2 aromatic carbocycles. The van der Waals surface area contributed by atoms with E-state index < -0.39 is 17.5 Å². The molecule has 2 aliphatic rings. The molecule has 2 heterocycles. The number of urea groups is 1. The maximum atomic E-state index is 13.1. The summed E-state index contributed by atoms with van der Waals surface area (Å²) < 4.78 is 0. The lowest BCUT2D eigenvalue weighted by molar-refractivity contribution is -0.131. The van der Waals surface area contributed by atoms with Gasteiger partial charge in [0.15, 0.2) is 5.78 Å². The van der Waals surface area contributed by atoms with Gasteiger partial charge in [-0.25, -0.2) is 4.79 Å². The smallest absolute Gasteiger partial charge is 0.319 e. The summed E-state index contributed by atoms with van der Waals surface area (Å²) in [6.45, 7) is 1.48. The molecule has 0 bridgehead atoms. The number of rotatable bonds is 5. The second-order valence-corrected chi connectivity index (χ2v) is 7.34. The minimum Gasteiger partial charge on any atom is -0.319 e. The van der Waals surface area contributed by atoms with Gasteiger partial charge >= 0.3 is 6.03 Å². The summed E-state index contributed by atoms with van der Waals surface area (Å²) >= 11 is 0. The standard InChI is InChI=1S/C22H21N3O4/c1-3-22(16-7-5-4-6-8-16)20(28)25(21(29)23-22)13-18(26)14-9-10-17-15(11-14)12-19(27)24(17)2/h4-11H,3,12-13H2,1-2H3,(H,23,29)/t22-/m1/s1. The largest absolute Gasteiger partial charge is 0.325 e. The number of nitrogens with one attached hydrogen (secondary N) is 1. The third kappa shape index (κ3) is 2.90. The number of benzene rings is 2. The molecule has 7 nitrogen and oxygen atoms in total. The fraction of sp³-hybridized carbons (Fsp3) is 0.273. The molecular weight excluding hydrogens is 370 g/mol. The minimum absolute atomic E-state index is 0.0331. The highest BCUT2D eigenvalue weighted by Crippen LogP contribution is 2.33. The van der Waals surface area contributed by atoms with E-state index in [0.29, 0.717) is 17.5 Å². The van der Waals surface area contributed by atoms with E-state index >= 15 is 0 Å². The SMILES string of the molecule is CC[C@]1(c2ccccc2)NC(=O)N(CC(=O)c2ccc3c(c2)CC(=O)N3C)C1=O. The molecule has 1 atom stereocenters. The van der Waals surface area contributed by atoms with E-state index in [9.17, 15) is 19.2 Å². The molecule has 4 rings (SSSR count). The average molecular weight is 391 g/mol. The van der Waals surface area contributed by atoms with Gasteiger partial charge in [-0.15, -0.1) is 0 Å². The number of hydrogen-bond donors (Lipinski definition) is 1. The lowest BCUT2D eigenvalue weighted by Gasteiger charge is -2.25. The van der Waals surface area contributed by atoms with Crippen LogP contribution in [0, 0.1) is 0 Å². The van der Waals surface area contributed by atoms with Crippen LogP contribution in [-0.2, 0) is 21.5 Å². The molecule has 0 saturated carbocycles. The molecule has 2 aliphatic heterocycles. The highest BCUT2D eigenvalue weighted by atomic mass is 16.2. The summed E-state index contributed by atoms with van der Waals surface area (Å²) in [6.07, 6.45) is 0.614. The van der Waals surface area contributed by atoms with Crippen molar-refractivity contribution in [2.45, 2.75) is 25.3 Å². The first-order chi connectivity index (χ1) is 13.9. The number of nitrogens with zero attached hydrogens (tertiary/aromatic N) is 2. The highest BCUT2D eigenvalue weighted by molar-refractivity contribution is 6.12. The summed E-state index contributed by atoms with van der Waals surface area (Å²) in [6, 6.07) is 13.5. The summed E-state index contributed by atoms with van der Waals surface area (Å²) in [5, 5.41) is 2.78. The van der Waals surface area contributed by atoms with Crippen molar-refractivity contribution in [3.8, 4) is 0 Å². The van der Waals surface area contributed by atoms with Crippen molar-refractivity contribution >= 4 is 29.3 Å². The van der Waals surface area contributed by atoms with Gasteiger partial charge in [0.1, 0.15) is 5.54 Å². The molecule has 0 radical (unpaired) electrons. The molecule has 0 aromatic heterocycles. The van der Waals surface area contributed by atoms with Crippen molar-refractivity contribution in [3.05, 3.63) is 65.2 Å². The monoisotopic (exact) mass is 391 g/mol. The van der Waals surface area contributed by atoms with Gasteiger partial charge in [-0.3, -0.25) is 19.3 Å². The first-order valence-corrected chi connectivity index (χ1v) is 9.49. The Morgan fingerprint density at radius 1 is 1.10 bits per heavy atom. The van der Waals surface area contributed by atoms with Crippen LogP contribution < -0.4 is 10.2 Å². The van der Waals surface area contributed by atoms with E-state index in [1.54, 1.807) is 42.3 Å². The van der Waals surface area contributed by atoms with Crippen molar-refractivity contribution in [1.29, 1.82) is 0 Å². The van der Waals surface area contributed by atoms with Crippen molar-refractivity contribution < 1.29 is 19.2 Å². The minimum atomic E-state index is -1.16. The Labute approximate surface area is 168 Å². The normalized spacial score (nSPS) is 20.8. The van der Waals surface area contributed by atoms with Crippen LogP contribution in [0.4, 0.5) is 10.5 Å². The molecule has 0 spiro atoms. The second kappa shape index (κ2) is 6.84. The van der Waals surface area contributed by atoms with Crippen molar-refractivity contribution in [3.63, 3.8) is 0 Å². The van der Waals surface area contributed by atoms with Crippen LogP contribution >= 0.6 is 0 Å². The number of anilines is 1. The number of fused-ring (bicyclic) bond motifs is 1. The van der Waals surface area contributed by atoms with Crippen molar-refractivity contribution in [2.24, 2.45) is 0 Å². The number of carbonyl (C=O) groups excluding carboxylic acids is 4. The van der Waals surface area contributed by atoms with Crippen LogP contribution in [0.2, 0.25) is 0 Å². The number of Topliss-reactive ketones (excluding diaryl/α,β-unsaturated/α-hetero) is 1. The number of likely N-dealkylation sites (N-methyl/N-ethyl adjacent to an activating group) is 1. The van der Waals surface area contributed by atoms with E-state index in [0.717, 1.165) is 16.2 Å². The predicted molar refractivity (Wildman–Crippen MR) is 107 cm³/mol. The number of carbonyl (C=O) groups is 4. The molecule has 1 N–H and O–H groups in total. The number of hydrogen-bond acceptors (Lipinski definition) is 4. The van der Waals surface area contributed by atoms with Gasteiger partial charge in [0.05, 0.1) is 13.0 Å². The molecule has 148 valence electrons. The van der Waals surface area contributed by atoms with Gasteiger partial charge in [-0.2, -0.15) is 0 Å². The molecule has 1 saturated heterocycles. The summed E-state index contributed by atoms with van der Waals surface area (Å²) in [7, 11) is 1.69. The zero-order chi connectivity index (χ0) is 20.8. The van der Waals surface area contributed by atoms with Crippen LogP contribution in [0.5, 0.6) is 0 Å². The zero-order valence-corrected chi connectivity index (χ0v) is 16.3. The second-order valence-electron chi connectivity index (χ2n) is 7.34. The Kier molecular flexibility index (Phi) is 4.45. The third-order valence-electron chi connectivity index (χ3n) is 5.75. The fourth-order valence-corrected chi connectivity index (χ4v) is 4.01. The number of imide groups is 1. The van der Waals surface area contributed by atoms with E-state index in [1.165, 1.54) is 0 Å². The van der Waals surface area contributed by atoms with Crippen LogP contribution in [0.25, 0.3) is 0 Å². The maximum Gasteiger partial charge on any atom is 0.325 e. The van der Waals surface area contributed by atoms with Crippen LogP contribution in [0.1, 0.15) is 34.8 Å². The first-order valence-electron chi connectivity index (χ1n) is 9.49. The Morgan fingerprint density at radius 2 is 1.83 bits per heavy atom. The Hall–Kier alpha value is -3.48. The average Bonchev–Trinajstić information content (AvgIpc) is 3.16. The molecule has 0 unspecified atom stereocenters. The maximum absolute atomic E-state index is 13.1. The van der Waals surface area contributed by atoms with Gasteiger partial charge in [0.25, 0.3) is 5.91 Å². The van der Waals surface area contributed by atoms with Gasteiger partial charge in [0.2, 0.25) is 5.91 Å². The predicted octanol–water partition coefficient (Wildman–Crippen LogP) is 2.25. The van der Waals surface area contributed by atoms with Gasteiger partial charge < -0.3 is 10.2 Å². The highest BCUT2D eigenvalue weighted by Gasteiger charge is 2.51. The van der Waals surface area contributed by atoms with Gasteiger partial charge in [0, 0.05) is 18.3 Å². The summed E-state index contributed by atoms with van der Waals surface area (Å²) in [5.74, 6) is -0.812. The summed E-state index contributed by atoms with van der Waals surface area (Å²) in [5.41, 5.74) is 1.45. The molecule has 7 heteroatoms. The lowest BCUT2D eigenvalue weighted by Crippen LogP contribution is -2.43. The Morgan fingerprint density at radius 3 is 2.52 bits per heavy atom. The lowest BCUT2D eigenvalue weighted by atomic mass is 9.87. The van der Waals surface area contributed by atoms with Crippen LogP contribution in [-0.4, -0.2) is 42.1 Å². The molecule has 0 aliphatic carbocycles. The summed E-state index contributed by atoms with van der Waals surface area (Å²) in [4.78, 5) is 52.9. The van der Waals surface area contributed by atoms with E-state index in [-0.39, 0.29) is 24.7 Å². The van der Waals surface area contributed by atoms with E-state index in [2.05, 4.69) is 5.32 Å². The number of ketones is 1. The van der Waals surface area contributed by atoms with Gasteiger partial charge in [-0.1, -0.05) is 37.3 Å². The van der Waals surface area contributed by atoms with Crippen molar-refractivity contribution in [1.82, 2.24) is 10.2 Å². The Bertz CT molecular complexity index is 1030. The molecule has 2 aromatic rings. The van der Waals surface area contributed by atoms with E-state index in [4.69, 9.17) is 0 Å². The number of amides is 4. The Balaban J connectivity index is 1.58. The quantitative estimate of drug-likeness (QED) is 0.626. The topological polar surface area (TPSA) is 86.8 Å². The molecule has 4 amide bonds. The van der Waals surface area contributed by atoms with Crippen molar-refractivity contribution in [2.75, 3.05) is 18.5 Å². The van der Waals surface area contributed by atoms with Crippen LogP contribution in [0.3, 0.4) is 0 Å². The molecule has 29 heavy (non-hydrogen) atoms. The van der Waals surface area contributed by atoms with E-state index in [1.807, 2.05) is 25.1 Å². The van der Waals surface area contributed by atoms with Crippen LogP contribution in [0.15, 0.2) is 48.5 Å². The first kappa shape index (κ1) is 18.9. The van der Waals surface area contributed by atoms with Gasteiger partial charge in [-0.05, 0) is 35.7 Å². The zero-order valence-electron chi connectivity index (χ0n) is 16.3. The molecular formula is C22H21N3O4. The fourth-order valence-electron chi connectivity index (χ4n) is 4.01.